The molecule has 0 saturated heterocycles. The van der Waals surface area contributed by atoms with Gasteiger partial charge in [-0.15, -0.1) is 11.3 Å². The van der Waals surface area contributed by atoms with Gasteiger partial charge in [0, 0.05) is 22.8 Å². The van der Waals surface area contributed by atoms with Crippen molar-refractivity contribution in [2.45, 2.75) is 12.3 Å². The van der Waals surface area contributed by atoms with E-state index in [1.165, 1.54) is 23.1 Å². The minimum absolute atomic E-state index is 0.0297. The van der Waals surface area contributed by atoms with Crippen molar-refractivity contribution in [2.75, 3.05) is 5.75 Å². The van der Waals surface area contributed by atoms with E-state index >= 15 is 0 Å². The summed E-state index contributed by atoms with van der Waals surface area (Å²) < 4.78 is 0. The molecule has 4 nitrogen and oxygen atoms in total. The summed E-state index contributed by atoms with van der Waals surface area (Å²) in [7, 11) is 0. The van der Waals surface area contributed by atoms with Gasteiger partial charge in [-0.05, 0) is 11.4 Å². The van der Waals surface area contributed by atoms with Crippen molar-refractivity contribution in [1.82, 2.24) is 5.32 Å². The molecule has 6 heteroatoms. The first-order valence-corrected chi connectivity index (χ1v) is 9.24. The molecule has 2 heterocycles. The van der Waals surface area contributed by atoms with Crippen molar-refractivity contribution in [1.29, 1.82) is 5.26 Å². The molecule has 0 bridgehead atoms. The smallest absolute Gasteiger partial charge is 0.225 e. The Kier molecular flexibility index (Phi) is 5.14. The number of nitriles is 1. The number of thioether (sulfide) groups is 1. The third-order valence-electron chi connectivity index (χ3n) is 3.69. The van der Waals surface area contributed by atoms with Gasteiger partial charge in [-0.25, -0.2) is 0 Å². The van der Waals surface area contributed by atoms with Gasteiger partial charge in [0.2, 0.25) is 5.91 Å². The highest BCUT2D eigenvalue weighted by Crippen LogP contribution is 2.37. The maximum absolute atomic E-state index is 12.2. The molecule has 1 unspecified atom stereocenters. The molecule has 1 N–H and O–H groups in total. The number of Topliss-reactive ketones (excluding diaryl/α,β-unsaturated/α-hetero) is 1. The summed E-state index contributed by atoms with van der Waals surface area (Å²) in [4.78, 5) is 25.2. The van der Waals surface area contributed by atoms with Crippen LogP contribution in [0.4, 0.5) is 0 Å². The van der Waals surface area contributed by atoms with Gasteiger partial charge in [-0.2, -0.15) is 5.26 Å². The average molecular weight is 354 g/mol. The van der Waals surface area contributed by atoms with Crippen LogP contribution in [-0.4, -0.2) is 17.4 Å². The molecule has 0 aliphatic carbocycles. The van der Waals surface area contributed by atoms with Crippen LogP contribution in [0.5, 0.6) is 0 Å². The molecule has 1 aromatic heterocycles. The highest BCUT2D eigenvalue weighted by molar-refractivity contribution is 8.03. The van der Waals surface area contributed by atoms with E-state index < -0.39 is 0 Å². The van der Waals surface area contributed by atoms with E-state index in [9.17, 15) is 14.9 Å². The van der Waals surface area contributed by atoms with Crippen molar-refractivity contribution in [3.8, 4) is 6.07 Å². The van der Waals surface area contributed by atoms with Gasteiger partial charge in [0.1, 0.15) is 0 Å². The minimum atomic E-state index is -0.224. The van der Waals surface area contributed by atoms with Crippen LogP contribution in [0.15, 0.2) is 58.4 Å². The molecule has 1 atom stereocenters. The van der Waals surface area contributed by atoms with Crippen LogP contribution in [0.25, 0.3) is 0 Å². The maximum atomic E-state index is 12.2. The highest BCUT2D eigenvalue weighted by atomic mass is 32.2. The summed E-state index contributed by atoms with van der Waals surface area (Å²) in [5, 5.41) is 14.7. The largest absolute Gasteiger partial charge is 0.320 e. The monoisotopic (exact) mass is 354 g/mol. The predicted octanol–water partition coefficient (Wildman–Crippen LogP) is 3.70. The van der Waals surface area contributed by atoms with Gasteiger partial charge >= 0.3 is 0 Å². The summed E-state index contributed by atoms with van der Waals surface area (Å²) in [5.41, 5.74) is 1.16. The quantitative estimate of drug-likeness (QED) is 0.831. The molecule has 0 saturated carbocycles. The van der Waals surface area contributed by atoms with E-state index in [0.717, 1.165) is 4.88 Å². The number of hydrogen-bond donors (Lipinski definition) is 1. The van der Waals surface area contributed by atoms with E-state index in [4.69, 9.17) is 0 Å². The third-order valence-corrected chi connectivity index (χ3v) is 5.69. The molecule has 24 heavy (non-hydrogen) atoms. The number of thiophene rings is 1. The molecule has 0 spiro atoms. The molecule has 0 radical (unpaired) electrons. The summed E-state index contributed by atoms with van der Waals surface area (Å²) in [6.07, 6.45) is 0.264. The number of nitrogens with one attached hydrogen (secondary N) is 1. The van der Waals surface area contributed by atoms with Crippen molar-refractivity contribution in [2.24, 2.45) is 0 Å². The van der Waals surface area contributed by atoms with Crippen LogP contribution in [0.1, 0.15) is 27.6 Å². The number of amides is 1. The van der Waals surface area contributed by atoms with Gasteiger partial charge in [-0.3, -0.25) is 9.59 Å². The SMILES string of the molecule is N#CC1=C(SCC(=O)c2ccccc2)NC(=O)CC1c1cccs1. The first-order chi connectivity index (χ1) is 11.7. The number of hydrogen-bond acceptors (Lipinski definition) is 5. The lowest BCUT2D eigenvalue weighted by Gasteiger charge is -2.23. The topological polar surface area (TPSA) is 70.0 Å². The first kappa shape index (κ1) is 16.5. The zero-order valence-corrected chi connectivity index (χ0v) is 14.3. The second-order valence-electron chi connectivity index (χ2n) is 5.25. The van der Waals surface area contributed by atoms with E-state index in [2.05, 4.69) is 11.4 Å². The van der Waals surface area contributed by atoms with Crippen LogP contribution >= 0.6 is 23.1 Å². The summed E-state index contributed by atoms with van der Waals surface area (Å²) >= 11 is 2.75. The zero-order valence-electron chi connectivity index (χ0n) is 12.7. The molecule has 120 valence electrons. The van der Waals surface area contributed by atoms with E-state index in [-0.39, 0.29) is 29.8 Å². The number of rotatable bonds is 5. The van der Waals surface area contributed by atoms with Crippen molar-refractivity contribution >= 4 is 34.8 Å². The number of carbonyl (C=O) groups excluding carboxylic acids is 2. The maximum Gasteiger partial charge on any atom is 0.225 e. The number of nitrogens with zero attached hydrogens (tertiary/aromatic N) is 1. The fourth-order valence-electron chi connectivity index (χ4n) is 2.51. The van der Waals surface area contributed by atoms with Crippen molar-refractivity contribution < 1.29 is 9.59 Å². The van der Waals surface area contributed by atoms with Gasteiger partial charge in [0.05, 0.1) is 22.4 Å². The van der Waals surface area contributed by atoms with Gasteiger partial charge < -0.3 is 5.32 Å². The number of allylic oxidation sites excluding steroid dienone is 1. The molecule has 2 aromatic rings. The average Bonchev–Trinajstić information content (AvgIpc) is 3.14. The highest BCUT2D eigenvalue weighted by Gasteiger charge is 2.30. The van der Waals surface area contributed by atoms with Crippen LogP contribution in [-0.2, 0) is 4.79 Å². The lowest BCUT2D eigenvalue weighted by atomic mass is 9.93. The van der Waals surface area contributed by atoms with Gasteiger partial charge in [0.25, 0.3) is 0 Å². The van der Waals surface area contributed by atoms with E-state index in [1.54, 1.807) is 12.1 Å². The summed E-state index contributed by atoms with van der Waals surface area (Å²) in [6, 6.07) is 15.1. The van der Waals surface area contributed by atoms with Crippen molar-refractivity contribution in [3.63, 3.8) is 0 Å². The molecule has 1 aromatic carbocycles. The third kappa shape index (κ3) is 3.58. The van der Waals surface area contributed by atoms with Gasteiger partial charge in [0.15, 0.2) is 5.78 Å². The van der Waals surface area contributed by atoms with E-state index in [1.807, 2.05) is 35.7 Å². The standard InChI is InChI=1S/C18H14N2O2S2/c19-10-14-13(16-7-4-8-23-16)9-17(22)20-18(14)24-11-15(21)12-5-2-1-3-6-12/h1-8,13H,9,11H2,(H,20,22). The Morgan fingerprint density at radius 3 is 2.75 bits per heavy atom. The van der Waals surface area contributed by atoms with Crippen molar-refractivity contribution in [3.05, 3.63) is 68.9 Å². The fourth-order valence-corrected chi connectivity index (χ4v) is 4.32. The Balaban J connectivity index is 1.80. The second kappa shape index (κ2) is 7.47. The minimum Gasteiger partial charge on any atom is -0.320 e. The molecule has 0 fully saturated rings. The molecule has 1 aliphatic rings. The first-order valence-electron chi connectivity index (χ1n) is 7.37. The Bertz CT molecular complexity index is 820. The van der Waals surface area contributed by atoms with Crippen LogP contribution in [0.2, 0.25) is 0 Å². The Morgan fingerprint density at radius 2 is 2.08 bits per heavy atom. The second-order valence-corrected chi connectivity index (χ2v) is 7.22. The fraction of sp³-hybridized carbons (Fsp3) is 0.167. The Hall–Kier alpha value is -2.36. The van der Waals surface area contributed by atoms with Crippen LogP contribution < -0.4 is 5.32 Å². The number of ketones is 1. The zero-order chi connectivity index (χ0) is 16.9. The Labute approximate surface area is 148 Å². The van der Waals surface area contributed by atoms with Gasteiger partial charge in [-0.1, -0.05) is 48.2 Å². The van der Waals surface area contributed by atoms with E-state index in [0.29, 0.717) is 16.2 Å². The molecule has 3 rings (SSSR count). The summed E-state index contributed by atoms with van der Waals surface area (Å²) in [5.74, 6) is -0.194. The number of benzene rings is 1. The molecular weight excluding hydrogens is 340 g/mol. The molecule has 1 amide bonds. The summed E-state index contributed by atoms with van der Waals surface area (Å²) in [6.45, 7) is 0. The predicted molar refractivity (Wildman–Crippen MR) is 95.7 cm³/mol. The Morgan fingerprint density at radius 1 is 1.29 bits per heavy atom. The lowest BCUT2D eigenvalue weighted by Crippen LogP contribution is -2.31. The number of carbonyl (C=O) groups is 2. The van der Waals surface area contributed by atoms with Crippen LogP contribution in [0, 0.1) is 11.3 Å². The molecule has 1 aliphatic heterocycles. The van der Waals surface area contributed by atoms with Crippen LogP contribution in [0.3, 0.4) is 0 Å². The lowest BCUT2D eigenvalue weighted by molar-refractivity contribution is -0.120. The normalized spacial score (nSPS) is 17.3. The molecular formula is C18H14N2O2S2.